The number of amides is 1. The Morgan fingerprint density at radius 1 is 1.20 bits per heavy atom. The van der Waals surface area contributed by atoms with Crippen molar-refractivity contribution in [2.45, 2.75) is 13.5 Å². The monoisotopic (exact) mass is 408 g/mol. The van der Waals surface area contributed by atoms with Gasteiger partial charge in [0.05, 0.1) is 23.6 Å². The molecule has 0 saturated heterocycles. The van der Waals surface area contributed by atoms with Crippen molar-refractivity contribution in [2.75, 3.05) is 13.2 Å². The zero-order valence-corrected chi connectivity index (χ0v) is 16.3. The Kier molecular flexibility index (Phi) is 6.53. The van der Waals surface area contributed by atoms with E-state index in [0.29, 0.717) is 12.3 Å². The number of carbonyl (C=O) groups is 1. The summed E-state index contributed by atoms with van der Waals surface area (Å²) in [6.07, 6.45) is 1.41. The molecule has 0 aliphatic heterocycles. The molecule has 30 heavy (non-hydrogen) atoms. The number of nitrogens with zero attached hydrogens (tertiary/aromatic N) is 3. The first kappa shape index (κ1) is 20.7. The van der Waals surface area contributed by atoms with E-state index in [9.17, 15) is 19.7 Å². The first-order chi connectivity index (χ1) is 14.5. The zero-order chi connectivity index (χ0) is 21.5. The van der Waals surface area contributed by atoms with Gasteiger partial charge >= 0.3 is 0 Å². The molecular formula is C21H20N4O5. The predicted octanol–water partition coefficient (Wildman–Crippen LogP) is 2.65. The van der Waals surface area contributed by atoms with Crippen LogP contribution in [0.1, 0.15) is 17.3 Å². The Labute approximate surface area is 172 Å². The van der Waals surface area contributed by atoms with E-state index in [2.05, 4.69) is 10.3 Å². The number of ether oxygens (including phenoxy) is 1. The summed E-state index contributed by atoms with van der Waals surface area (Å²) < 4.78 is 6.76. The van der Waals surface area contributed by atoms with E-state index >= 15 is 0 Å². The van der Waals surface area contributed by atoms with Gasteiger partial charge in [0.2, 0.25) is 0 Å². The number of para-hydroxylation sites is 1. The van der Waals surface area contributed by atoms with Crippen LogP contribution in [0.15, 0.2) is 65.7 Å². The van der Waals surface area contributed by atoms with Crippen LogP contribution in [0.5, 0.6) is 5.75 Å². The normalized spacial score (nSPS) is 10.4. The lowest BCUT2D eigenvalue weighted by Crippen LogP contribution is -2.31. The van der Waals surface area contributed by atoms with Gasteiger partial charge in [0.1, 0.15) is 11.3 Å². The molecule has 1 amide bonds. The number of nitrogens with one attached hydrogen (secondary N) is 1. The van der Waals surface area contributed by atoms with E-state index in [1.807, 2.05) is 31.2 Å². The molecule has 0 fully saturated rings. The molecule has 1 heterocycles. The second-order valence-electron chi connectivity index (χ2n) is 6.29. The number of aromatic nitrogens is 2. The summed E-state index contributed by atoms with van der Waals surface area (Å²) in [5, 5.41) is 13.6. The van der Waals surface area contributed by atoms with Gasteiger partial charge in [0.15, 0.2) is 0 Å². The van der Waals surface area contributed by atoms with Gasteiger partial charge < -0.3 is 10.1 Å². The van der Waals surface area contributed by atoms with E-state index in [0.717, 1.165) is 11.3 Å². The fourth-order valence-corrected chi connectivity index (χ4v) is 2.85. The Morgan fingerprint density at radius 2 is 1.93 bits per heavy atom. The fraction of sp³-hybridized carbons (Fsp3) is 0.190. The van der Waals surface area contributed by atoms with E-state index < -0.39 is 10.8 Å². The molecule has 9 nitrogen and oxygen atoms in total. The molecule has 2 aromatic carbocycles. The molecule has 0 aliphatic carbocycles. The molecule has 0 spiro atoms. The van der Waals surface area contributed by atoms with Gasteiger partial charge in [-0.25, -0.2) is 4.98 Å². The molecule has 9 heteroatoms. The molecule has 0 bridgehead atoms. The Hall–Kier alpha value is -4.01. The Bertz CT molecular complexity index is 1110. The number of benzene rings is 2. The number of hydrogen-bond acceptors (Lipinski definition) is 6. The van der Waals surface area contributed by atoms with Gasteiger partial charge in [-0.15, -0.1) is 0 Å². The van der Waals surface area contributed by atoms with Crippen LogP contribution in [-0.4, -0.2) is 33.5 Å². The van der Waals surface area contributed by atoms with Crippen LogP contribution in [-0.2, 0) is 6.54 Å². The van der Waals surface area contributed by atoms with Crippen molar-refractivity contribution in [3.8, 4) is 17.0 Å². The van der Waals surface area contributed by atoms with Crippen LogP contribution in [0.4, 0.5) is 5.69 Å². The lowest BCUT2D eigenvalue weighted by Gasteiger charge is -2.09. The minimum absolute atomic E-state index is 0.0289. The van der Waals surface area contributed by atoms with Crippen molar-refractivity contribution in [3.05, 3.63) is 87.0 Å². The first-order valence-corrected chi connectivity index (χ1v) is 9.31. The van der Waals surface area contributed by atoms with Crippen molar-refractivity contribution < 1.29 is 14.5 Å². The van der Waals surface area contributed by atoms with Gasteiger partial charge in [0, 0.05) is 30.8 Å². The molecule has 1 N–H and O–H groups in total. The van der Waals surface area contributed by atoms with Crippen LogP contribution in [0.3, 0.4) is 0 Å². The SMILES string of the molecule is CCOc1ccc(-c2cc(=O)n(CCNC(=O)c3ccccc3[N+](=O)[O-])cn2)cc1. The van der Waals surface area contributed by atoms with Gasteiger partial charge in [-0.2, -0.15) is 0 Å². The molecule has 0 radical (unpaired) electrons. The fourth-order valence-electron chi connectivity index (χ4n) is 2.85. The maximum Gasteiger partial charge on any atom is 0.282 e. The highest BCUT2D eigenvalue weighted by atomic mass is 16.6. The maximum atomic E-state index is 12.4. The highest BCUT2D eigenvalue weighted by molar-refractivity contribution is 5.98. The van der Waals surface area contributed by atoms with Crippen LogP contribution >= 0.6 is 0 Å². The quantitative estimate of drug-likeness (QED) is 0.452. The molecule has 3 rings (SSSR count). The topological polar surface area (TPSA) is 116 Å². The molecule has 0 unspecified atom stereocenters. The molecule has 154 valence electrons. The lowest BCUT2D eigenvalue weighted by atomic mass is 10.1. The zero-order valence-electron chi connectivity index (χ0n) is 16.3. The Balaban J connectivity index is 1.63. The first-order valence-electron chi connectivity index (χ1n) is 9.31. The molecule has 1 aromatic heterocycles. The van der Waals surface area contributed by atoms with Gasteiger partial charge in [-0.1, -0.05) is 12.1 Å². The summed E-state index contributed by atoms with van der Waals surface area (Å²) in [7, 11) is 0. The van der Waals surface area contributed by atoms with Gasteiger partial charge in [-0.05, 0) is 37.3 Å². The van der Waals surface area contributed by atoms with E-state index in [4.69, 9.17) is 4.74 Å². The van der Waals surface area contributed by atoms with Crippen LogP contribution in [0.25, 0.3) is 11.3 Å². The number of nitro groups is 1. The highest BCUT2D eigenvalue weighted by Crippen LogP contribution is 2.19. The largest absolute Gasteiger partial charge is 0.494 e. The van der Waals surface area contributed by atoms with Crippen LogP contribution in [0.2, 0.25) is 0 Å². The minimum atomic E-state index is -0.608. The van der Waals surface area contributed by atoms with Gasteiger partial charge in [0.25, 0.3) is 17.2 Å². The third kappa shape index (κ3) is 4.88. The average Bonchev–Trinajstić information content (AvgIpc) is 2.75. The van der Waals surface area contributed by atoms with E-state index in [1.54, 1.807) is 6.07 Å². The average molecular weight is 408 g/mol. The lowest BCUT2D eigenvalue weighted by molar-refractivity contribution is -0.385. The second kappa shape index (κ2) is 9.46. The van der Waals surface area contributed by atoms with Gasteiger partial charge in [-0.3, -0.25) is 24.3 Å². The summed E-state index contributed by atoms with van der Waals surface area (Å²) in [5.74, 6) is 0.165. The standard InChI is InChI=1S/C21H20N4O5/c1-2-30-16-9-7-15(8-10-16)18-13-20(26)24(14-23-18)12-11-22-21(27)17-5-3-4-6-19(17)25(28)29/h3-10,13-14H,2,11-12H2,1H3,(H,22,27). The smallest absolute Gasteiger partial charge is 0.282 e. The van der Waals surface area contributed by atoms with E-state index in [1.165, 1.54) is 35.2 Å². The maximum absolute atomic E-state index is 12.4. The van der Waals surface area contributed by atoms with Crippen molar-refractivity contribution in [2.24, 2.45) is 0 Å². The Morgan fingerprint density at radius 3 is 2.60 bits per heavy atom. The minimum Gasteiger partial charge on any atom is -0.494 e. The van der Waals surface area contributed by atoms with Crippen molar-refractivity contribution in [3.63, 3.8) is 0 Å². The van der Waals surface area contributed by atoms with Crippen molar-refractivity contribution in [1.82, 2.24) is 14.9 Å². The molecule has 0 saturated carbocycles. The van der Waals surface area contributed by atoms with E-state index in [-0.39, 0.29) is 29.9 Å². The van der Waals surface area contributed by atoms with Crippen molar-refractivity contribution in [1.29, 1.82) is 0 Å². The van der Waals surface area contributed by atoms with Crippen LogP contribution in [0, 0.1) is 10.1 Å². The summed E-state index contributed by atoms with van der Waals surface area (Å²) in [5.41, 5.74) is 0.747. The molecule has 3 aromatic rings. The molecule has 0 aliphatic rings. The summed E-state index contributed by atoms with van der Waals surface area (Å²) >= 11 is 0. The third-order valence-corrected chi connectivity index (χ3v) is 4.32. The van der Waals surface area contributed by atoms with Crippen molar-refractivity contribution >= 4 is 11.6 Å². The highest BCUT2D eigenvalue weighted by Gasteiger charge is 2.18. The third-order valence-electron chi connectivity index (χ3n) is 4.32. The number of carbonyl (C=O) groups excluding carboxylic acids is 1. The molecular weight excluding hydrogens is 388 g/mol. The van der Waals surface area contributed by atoms with Crippen LogP contribution < -0.4 is 15.6 Å². The second-order valence-corrected chi connectivity index (χ2v) is 6.29. The summed E-state index contributed by atoms with van der Waals surface area (Å²) in [6, 6.07) is 14.4. The number of hydrogen-bond donors (Lipinski definition) is 1. The number of nitro benzene ring substituents is 1. The summed E-state index contributed by atoms with van der Waals surface area (Å²) in [6.45, 7) is 2.77. The summed E-state index contributed by atoms with van der Waals surface area (Å²) in [4.78, 5) is 39.3. The molecule has 0 atom stereocenters. The predicted molar refractivity (Wildman–Crippen MR) is 111 cm³/mol. The number of rotatable bonds is 8.